The Kier molecular flexibility index (Phi) is 4.27. The van der Waals surface area contributed by atoms with Crippen LogP contribution < -0.4 is 0 Å². The van der Waals surface area contributed by atoms with E-state index >= 15 is 0 Å². The van der Waals surface area contributed by atoms with E-state index in [1.807, 2.05) is 0 Å². The second kappa shape index (κ2) is 5.05. The van der Waals surface area contributed by atoms with Crippen LogP contribution >= 0.6 is 0 Å². The van der Waals surface area contributed by atoms with E-state index in [0.717, 1.165) is 6.54 Å². The Morgan fingerprint density at radius 1 is 0.833 bits per heavy atom. The van der Waals surface area contributed by atoms with Gasteiger partial charge in [0.25, 0.3) is 0 Å². The second-order valence-electron chi connectivity index (χ2n) is 7.57. The zero-order valence-electron chi connectivity index (χ0n) is 13.4. The second-order valence-corrected chi connectivity index (χ2v) is 7.57. The van der Waals surface area contributed by atoms with Crippen LogP contribution in [0.3, 0.4) is 0 Å². The summed E-state index contributed by atoms with van der Waals surface area (Å²) in [4.78, 5) is 2.26. The van der Waals surface area contributed by atoms with Crippen LogP contribution in [-0.4, -0.2) is 19.0 Å². The summed E-state index contributed by atoms with van der Waals surface area (Å²) >= 11 is 0. The molecule has 0 unspecified atom stereocenters. The van der Waals surface area contributed by atoms with Gasteiger partial charge in [0.15, 0.2) is 0 Å². The summed E-state index contributed by atoms with van der Waals surface area (Å²) in [7, 11) is 4.29. The van der Waals surface area contributed by atoms with Crippen LogP contribution in [0.15, 0.2) is 18.2 Å². The summed E-state index contributed by atoms with van der Waals surface area (Å²) in [5.74, 6) is 0. The molecule has 18 heavy (non-hydrogen) atoms. The normalized spacial score (nSPS) is 13.2. The molecule has 0 amide bonds. The largest absolute Gasteiger partial charge is 0.305 e. The first-order valence-corrected chi connectivity index (χ1v) is 6.81. The lowest BCUT2D eigenvalue weighted by Crippen LogP contribution is -2.24. The van der Waals surface area contributed by atoms with Crippen molar-refractivity contribution < 1.29 is 0 Å². The van der Waals surface area contributed by atoms with Crippen molar-refractivity contribution in [2.45, 2.75) is 58.9 Å². The molecule has 1 heteroatoms. The molecular weight excluding hydrogens is 218 g/mol. The lowest BCUT2D eigenvalue weighted by atomic mass is 9.76. The van der Waals surface area contributed by atoms with Crippen LogP contribution in [-0.2, 0) is 17.4 Å². The Morgan fingerprint density at radius 2 is 1.22 bits per heavy atom. The highest BCUT2D eigenvalue weighted by Crippen LogP contribution is 2.34. The molecule has 0 saturated heterocycles. The Hall–Kier alpha value is -0.820. The van der Waals surface area contributed by atoms with Gasteiger partial charge in [-0.2, -0.15) is 0 Å². The average molecular weight is 247 g/mol. The fraction of sp³-hybridized carbons (Fsp3) is 0.647. The molecule has 1 rings (SSSR count). The van der Waals surface area contributed by atoms with E-state index in [1.54, 1.807) is 0 Å². The van der Waals surface area contributed by atoms with Crippen LogP contribution in [0.2, 0.25) is 0 Å². The zero-order chi connectivity index (χ0) is 14.1. The molecular formula is C17H29N. The molecule has 1 aromatic rings. The number of hydrogen-bond donors (Lipinski definition) is 0. The minimum absolute atomic E-state index is 0.201. The van der Waals surface area contributed by atoms with Crippen molar-refractivity contribution in [2.75, 3.05) is 14.1 Å². The minimum Gasteiger partial charge on any atom is -0.305 e. The molecule has 1 nitrogen and oxygen atoms in total. The topological polar surface area (TPSA) is 3.24 Å². The lowest BCUT2D eigenvalue weighted by molar-refractivity contribution is 0.390. The highest BCUT2D eigenvalue weighted by Gasteiger charge is 2.24. The quantitative estimate of drug-likeness (QED) is 0.751. The third kappa shape index (κ3) is 3.58. The van der Waals surface area contributed by atoms with Crippen molar-refractivity contribution in [3.05, 3.63) is 34.9 Å². The fourth-order valence-corrected chi connectivity index (χ4v) is 2.48. The van der Waals surface area contributed by atoms with E-state index in [9.17, 15) is 0 Å². The average Bonchev–Trinajstić information content (AvgIpc) is 2.13. The molecule has 0 radical (unpaired) electrons. The Balaban J connectivity index is 3.45. The monoisotopic (exact) mass is 247 g/mol. The van der Waals surface area contributed by atoms with Crippen molar-refractivity contribution in [1.29, 1.82) is 0 Å². The zero-order valence-corrected chi connectivity index (χ0v) is 13.4. The first-order chi connectivity index (χ1) is 8.03. The van der Waals surface area contributed by atoms with E-state index in [4.69, 9.17) is 0 Å². The van der Waals surface area contributed by atoms with Crippen molar-refractivity contribution in [1.82, 2.24) is 4.90 Å². The van der Waals surface area contributed by atoms with Crippen molar-refractivity contribution in [3.8, 4) is 0 Å². The summed E-state index contributed by atoms with van der Waals surface area (Å²) in [6.07, 6.45) is 0. The maximum atomic E-state index is 2.30. The number of nitrogens with zero attached hydrogens (tertiary/aromatic N) is 1. The molecule has 0 aromatic heterocycles. The molecule has 0 bridgehead atoms. The summed E-state index contributed by atoms with van der Waals surface area (Å²) in [6.45, 7) is 14.8. The van der Waals surface area contributed by atoms with Gasteiger partial charge < -0.3 is 4.90 Å². The Morgan fingerprint density at radius 3 is 1.50 bits per heavy atom. The summed E-state index contributed by atoms with van der Waals surface area (Å²) < 4.78 is 0. The van der Waals surface area contributed by atoms with Crippen molar-refractivity contribution in [3.63, 3.8) is 0 Å². The van der Waals surface area contributed by atoms with E-state index in [1.165, 1.54) is 16.7 Å². The van der Waals surface area contributed by atoms with Gasteiger partial charge in [0, 0.05) is 6.54 Å². The van der Waals surface area contributed by atoms with Gasteiger partial charge in [-0.1, -0.05) is 59.7 Å². The van der Waals surface area contributed by atoms with Crippen LogP contribution in [0, 0.1) is 0 Å². The standard InChI is InChI=1S/C17H29N/c1-16(2,3)14-10-9-11-15(17(4,5)6)13(14)12-18(7)8/h9-11H,12H2,1-8H3. The van der Waals surface area contributed by atoms with Crippen molar-refractivity contribution >= 4 is 0 Å². The van der Waals surface area contributed by atoms with Gasteiger partial charge in [0.1, 0.15) is 0 Å². The Bertz CT molecular complexity index is 370. The molecule has 0 fully saturated rings. The maximum Gasteiger partial charge on any atom is 0.0233 e. The van der Waals surface area contributed by atoms with Gasteiger partial charge >= 0.3 is 0 Å². The predicted molar refractivity (Wildman–Crippen MR) is 81.2 cm³/mol. The van der Waals surface area contributed by atoms with Gasteiger partial charge in [-0.25, -0.2) is 0 Å². The third-order valence-corrected chi connectivity index (χ3v) is 3.27. The third-order valence-electron chi connectivity index (χ3n) is 3.27. The first kappa shape index (κ1) is 15.2. The van der Waals surface area contributed by atoms with Gasteiger partial charge in [-0.3, -0.25) is 0 Å². The van der Waals surface area contributed by atoms with Crippen LogP contribution in [0.1, 0.15) is 58.2 Å². The molecule has 0 heterocycles. The van der Waals surface area contributed by atoms with Crippen LogP contribution in [0.5, 0.6) is 0 Å². The van der Waals surface area contributed by atoms with Gasteiger partial charge in [0.2, 0.25) is 0 Å². The SMILES string of the molecule is CN(C)Cc1c(C(C)(C)C)cccc1C(C)(C)C. The first-order valence-electron chi connectivity index (χ1n) is 6.81. The van der Waals surface area contributed by atoms with Gasteiger partial charge in [-0.05, 0) is 41.6 Å². The van der Waals surface area contributed by atoms with E-state index < -0.39 is 0 Å². The van der Waals surface area contributed by atoms with Crippen molar-refractivity contribution in [2.24, 2.45) is 0 Å². The maximum absolute atomic E-state index is 2.30. The molecule has 0 atom stereocenters. The number of benzene rings is 1. The molecule has 0 saturated carbocycles. The minimum atomic E-state index is 0.201. The fourth-order valence-electron chi connectivity index (χ4n) is 2.48. The van der Waals surface area contributed by atoms with Crippen LogP contribution in [0.4, 0.5) is 0 Å². The van der Waals surface area contributed by atoms with E-state index in [0.29, 0.717) is 0 Å². The molecule has 0 aliphatic heterocycles. The molecule has 0 aliphatic carbocycles. The molecule has 0 spiro atoms. The molecule has 0 aliphatic rings. The van der Waals surface area contributed by atoms with Gasteiger partial charge in [0.05, 0.1) is 0 Å². The number of hydrogen-bond acceptors (Lipinski definition) is 1. The molecule has 1 aromatic carbocycles. The highest BCUT2D eigenvalue weighted by atomic mass is 15.0. The van der Waals surface area contributed by atoms with Crippen LogP contribution in [0.25, 0.3) is 0 Å². The summed E-state index contributed by atoms with van der Waals surface area (Å²) in [6, 6.07) is 6.78. The lowest BCUT2D eigenvalue weighted by Gasteiger charge is -2.31. The van der Waals surface area contributed by atoms with Gasteiger partial charge in [-0.15, -0.1) is 0 Å². The number of rotatable bonds is 2. The van der Waals surface area contributed by atoms with E-state index in [-0.39, 0.29) is 10.8 Å². The summed E-state index contributed by atoms with van der Waals surface area (Å²) in [5.41, 5.74) is 4.86. The van der Waals surface area contributed by atoms with E-state index in [2.05, 4.69) is 78.7 Å². The Labute approximate surface area is 113 Å². The highest BCUT2D eigenvalue weighted by molar-refractivity contribution is 5.42. The molecule has 0 N–H and O–H groups in total. The molecule has 102 valence electrons. The summed E-state index contributed by atoms with van der Waals surface area (Å²) in [5, 5.41) is 0. The smallest absolute Gasteiger partial charge is 0.0233 e. The predicted octanol–water partition coefficient (Wildman–Crippen LogP) is 4.34.